The SMILES string of the molecule is CC(=O)N(Cc1cc(F)cc(F)c1)C1CC(C)C2C(O1)C(O)C1(C)C3CCC4C(C)(C)C(OC5CN(CC(N)=O)CCO5)CCC45CC35CCC21C. The van der Waals surface area contributed by atoms with Gasteiger partial charge in [0.25, 0.3) is 0 Å². The standard InChI is InChI=1S/C41H59F2N3O6/c1-23-15-32(46(24(2)47)19-25-16-26(42)18-27(43)17-25)52-35-34(23)38(5)11-12-41-22-40(41)10-9-30(51-33-21-45(13-14-50-33)20-31(44)48)37(3,4)28(40)7-8-29(41)39(38,6)36(35)49/h16-18,23,28-30,32-36,49H,7-15,19-22H2,1-6H3,(H2,44,48). The van der Waals surface area contributed by atoms with Gasteiger partial charge in [-0.25, -0.2) is 8.78 Å². The number of primary amides is 1. The van der Waals surface area contributed by atoms with Gasteiger partial charge >= 0.3 is 0 Å². The van der Waals surface area contributed by atoms with E-state index in [4.69, 9.17) is 19.9 Å². The third-order valence-corrected chi connectivity index (χ3v) is 16.6. The molecule has 3 N–H and O–H groups in total. The molecular formula is C41H59F2N3O6. The van der Waals surface area contributed by atoms with Crippen molar-refractivity contribution in [3.8, 4) is 0 Å². The molecule has 13 unspecified atom stereocenters. The highest BCUT2D eigenvalue weighted by atomic mass is 19.1. The lowest BCUT2D eigenvalue weighted by atomic mass is 9.41. The highest BCUT2D eigenvalue weighted by Crippen LogP contribution is 2.89. The van der Waals surface area contributed by atoms with Crippen LogP contribution in [0.3, 0.4) is 0 Å². The van der Waals surface area contributed by atoms with E-state index in [0.29, 0.717) is 43.5 Å². The molecule has 1 aromatic rings. The maximum Gasteiger partial charge on any atom is 0.231 e. The van der Waals surface area contributed by atoms with Crippen molar-refractivity contribution in [2.45, 2.75) is 130 Å². The van der Waals surface area contributed by atoms with Crippen molar-refractivity contribution < 1.29 is 37.7 Å². The molecule has 7 aliphatic rings. The van der Waals surface area contributed by atoms with Crippen LogP contribution in [0.1, 0.15) is 98.5 Å². The van der Waals surface area contributed by atoms with Gasteiger partial charge in [-0.15, -0.1) is 0 Å². The minimum Gasteiger partial charge on any atom is -0.390 e. The van der Waals surface area contributed by atoms with E-state index in [-0.39, 0.29) is 76.2 Å². The van der Waals surface area contributed by atoms with E-state index in [1.54, 1.807) is 4.90 Å². The Balaban J connectivity index is 1.02. The molecule has 52 heavy (non-hydrogen) atoms. The van der Waals surface area contributed by atoms with E-state index in [1.807, 2.05) is 4.90 Å². The number of nitrogens with two attached hydrogens (primary N) is 1. The van der Waals surface area contributed by atoms with Gasteiger partial charge in [0.05, 0.1) is 38.0 Å². The molecule has 8 rings (SSSR count). The minimum atomic E-state index is -0.691. The van der Waals surface area contributed by atoms with Gasteiger partial charge in [-0.1, -0.05) is 34.6 Å². The molecule has 1 aromatic carbocycles. The predicted molar refractivity (Wildman–Crippen MR) is 189 cm³/mol. The van der Waals surface area contributed by atoms with Crippen LogP contribution in [-0.2, 0) is 30.3 Å². The zero-order chi connectivity index (χ0) is 37.2. The monoisotopic (exact) mass is 727 g/mol. The maximum atomic E-state index is 14.1. The number of carbonyl (C=O) groups excluding carboxylic acids is 2. The van der Waals surface area contributed by atoms with Crippen molar-refractivity contribution >= 4 is 11.8 Å². The predicted octanol–water partition coefficient (Wildman–Crippen LogP) is 5.61. The van der Waals surface area contributed by atoms with Crippen molar-refractivity contribution in [1.29, 1.82) is 0 Å². The highest BCUT2D eigenvalue weighted by molar-refractivity contribution is 5.76. The van der Waals surface area contributed by atoms with E-state index in [2.05, 4.69) is 34.6 Å². The Morgan fingerprint density at radius 3 is 2.42 bits per heavy atom. The molecule has 2 amide bonds. The number of morpholine rings is 1. The van der Waals surface area contributed by atoms with Gasteiger partial charge in [-0.2, -0.15) is 0 Å². The number of ether oxygens (including phenoxy) is 3. The van der Waals surface area contributed by atoms with Gasteiger partial charge in [0.1, 0.15) is 17.9 Å². The molecule has 288 valence electrons. The number of nitrogens with zero attached hydrogens (tertiary/aromatic N) is 2. The van der Waals surface area contributed by atoms with Crippen LogP contribution < -0.4 is 5.73 Å². The summed E-state index contributed by atoms with van der Waals surface area (Å²) in [5.41, 5.74) is 5.71. The van der Waals surface area contributed by atoms with Crippen molar-refractivity contribution in [3.05, 3.63) is 35.4 Å². The largest absolute Gasteiger partial charge is 0.390 e. The lowest BCUT2D eigenvalue weighted by Crippen LogP contribution is -2.60. The first-order valence-corrected chi connectivity index (χ1v) is 19.8. The summed E-state index contributed by atoms with van der Waals surface area (Å²) >= 11 is 0. The fourth-order valence-corrected chi connectivity index (χ4v) is 14.3. The van der Waals surface area contributed by atoms with Gasteiger partial charge in [0, 0.05) is 31.5 Å². The summed E-state index contributed by atoms with van der Waals surface area (Å²) in [7, 11) is 0. The number of aliphatic hydroxyl groups is 1. The van der Waals surface area contributed by atoms with Crippen LogP contribution in [-0.4, -0.2) is 83.8 Å². The number of carbonyl (C=O) groups is 2. The van der Waals surface area contributed by atoms with Crippen LogP contribution in [0, 0.1) is 62.4 Å². The van der Waals surface area contributed by atoms with Crippen LogP contribution in [0.15, 0.2) is 18.2 Å². The molecule has 13 atom stereocenters. The first-order chi connectivity index (χ1) is 24.5. The molecule has 5 aliphatic carbocycles. The Kier molecular flexibility index (Phi) is 8.78. The first kappa shape index (κ1) is 36.8. The normalized spacial score (nSPS) is 46.2. The van der Waals surface area contributed by atoms with Crippen LogP contribution in [0.5, 0.6) is 0 Å². The summed E-state index contributed by atoms with van der Waals surface area (Å²) in [6.07, 6.45) is 6.20. The molecule has 0 radical (unpaired) electrons. The summed E-state index contributed by atoms with van der Waals surface area (Å²) < 4.78 is 47.9. The van der Waals surface area contributed by atoms with Crippen molar-refractivity contribution in [1.82, 2.24) is 9.80 Å². The fraction of sp³-hybridized carbons (Fsp3) is 0.805. The number of aliphatic hydroxyl groups excluding tert-OH is 1. The lowest BCUT2D eigenvalue weighted by Gasteiger charge is -2.64. The quantitative estimate of drug-likeness (QED) is 0.375. The molecule has 2 spiro atoms. The maximum absolute atomic E-state index is 14.1. The first-order valence-electron chi connectivity index (χ1n) is 19.8. The molecule has 2 aliphatic heterocycles. The molecule has 0 aromatic heterocycles. The summed E-state index contributed by atoms with van der Waals surface area (Å²) in [6, 6.07) is 3.37. The van der Waals surface area contributed by atoms with Crippen LogP contribution in [0.25, 0.3) is 0 Å². The minimum absolute atomic E-state index is 0.0397. The van der Waals surface area contributed by atoms with E-state index in [1.165, 1.54) is 25.5 Å². The average molecular weight is 728 g/mol. The molecule has 5 saturated carbocycles. The lowest BCUT2D eigenvalue weighted by molar-refractivity contribution is -0.248. The number of amides is 2. The van der Waals surface area contributed by atoms with Crippen molar-refractivity contribution in [3.63, 3.8) is 0 Å². The molecule has 2 saturated heterocycles. The zero-order valence-corrected chi connectivity index (χ0v) is 31.8. The molecular weight excluding hydrogens is 668 g/mol. The zero-order valence-electron chi connectivity index (χ0n) is 31.8. The number of fused-ring (bicyclic) bond motifs is 4. The Labute approximate surface area is 307 Å². The van der Waals surface area contributed by atoms with Gasteiger partial charge in [0.2, 0.25) is 11.8 Å². The highest BCUT2D eigenvalue weighted by Gasteiger charge is 2.84. The number of hydrogen-bond acceptors (Lipinski definition) is 7. The van der Waals surface area contributed by atoms with Crippen LogP contribution >= 0.6 is 0 Å². The molecule has 11 heteroatoms. The molecule has 0 bridgehead atoms. The Hall–Kier alpha value is -2.18. The van der Waals surface area contributed by atoms with Crippen molar-refractivity contribution in [2.75, 3.05) is 26.2 Å². The van der Waals surface area contributed by atoms with Crippen LogP contribution in [0.2, 0.25) is 0 Å². The molecule has 2 heterocycles. The van der Waals surface area contributed by atoms with E-state index >= 15 is 0 Å². The third-order valence-electron chi connectivity index (χ3n) is 16.6. The van der Waals surface area contributed by atoms with Gasteiger partial charge < -0.3 is 30.0 Å². The average Bonchev–Trinajstić information content (AvgIpc) is 3.69. The number of benzene rings is 1. The van der Waals surface area contributed by atoms with Crippen molar-refractivity contribution in [2.24, 2.45) is 56.5 Å². The number of halogens is 2. The fourth-order valence-electron chi connectivity index (χ4n) is 14.3. The summed E-state index contributed by atoms with van der Waals surface area (Å²) in [5, 5.41) is 12.6. The van der Waals surface area contributed by atoms with Gasteiger partial charge in [-0.3, -0.25) is 14.5 Å². The Bertz CT molecular complexity index is 1590. The van der Waals surface area contributed by atoms with Gasteiger partial charge in [-0.05, 0) is 114 Å². The second kappa shape index (κ2) is 12.4. The van der Waals surface area contributed by atoms with Crippen LogP contribution in [0.4, 0.5) is 8.78 Å². The van der Waals surface area contributed by atoms with E-state index < -0.39 is 30.1 Å². The second-order valence-corrected chi connectivity index (χ2v) is 19.0. The topological polar surface area (TPSA) is 115 Å². The molecule has 7 fully saturated rings. The van der Waals surface area contributed by atoms with E-state index in [0.717, 1.165) is 44.6 Å². The summed E-state index contributed by atoms with van der Waals surface area (Å²) in [6.45, 7) is 15.3. The smallest absolute Gasteiger partial charge is 0.231 e. The summed E-state index contributed by atoms with van der Waals surface area (Å²) in [5.74, 6) is -0.721. The molecule has 9 nitrogen and oxygen atoms in total. The Morgan fingerprint density at radius 1 is 1.04 bits per heavy atom. The number of hydrogen-bond donors (Lipinski definition) is 2. The van der Waals surface area contributed by atoms with E-state index in [9.17, 15) is 23.5 Å². The van der Waals surface area contributed by atoms with Gasteiger partial charge in [0.15, 0.2) is 6.29 Å². The number of rotatable bonds is 7. The summed E-state index contributed by atoms with van der Waals surface area (Å²) in [4.78, 5) is 28.2. The third kappa shape index (κ3) is 5.21. The Morgan fingerprint density at radius 2 is 1.73 bits per heavy atom. The second-order valence-electron chi connectivity index (χ2n) is 19.0.